The van der Waals surface area contributed by atoms with Crippen LogP contribution in [-0.2, 0) is 17.5 Å². The molecular formula is C15H21NO2S. The van der Waals surface area contributed by atoms with Crippen LogP contribution in [-0.4, -0.2) is 8.96 Å². The minimum absolute atomic E-state index is 0.0708. The topological polar surface area (TPSA) is 42.2 Å². The molecule has 5 rings (SSSR count). The van der Waals surface area contributed by atoms with Crippen LogP contribution in [0.3, 0.4) is 0 Å². The largest absolute Gasteiger partial charge is 0.468 e. The lowest BCUT2D eigenvalue weighted by Gasteiger charge is -2.55. The van der Waals surface area contributed by atoms with E-state index in [1.807, 2.05) is 12.1 Å². The van der Waals surface area contributed by atoms with E-state index in [9.17, 15) is 4.21 Å². The monoisotopic (exact) mass is 279 g/mol. The maximum atomic E-state index is 12.8. The second-order valence-electron chi connectivity index (χ2n) is 6.77. The van der Waals surface area contributed by atoms with Gasteiger partial charge in [-0.05, 0) is 68.4 Å². The van der Waals surface area contributed by atoms with Gasteiger partial charge in [0.1, 0.15) is 5.76 Å². The van der Waals surface area contributed by atoms with E-state index in [1.165, 1.54) is 38.5 Å². The number of hydrogen-bond acceptors (Lipinski definition) is 2. The van der Waals surface area contributed by atoms with Crippen LogP contribution in [0, 0.1) is 17.8 Å². The molecule has 4 bridgehead atoms. The fourth-order valence-corrected chi connectivity index (χ4v) is 6.70. The van der Waals surface area contributed by atoms with Crippen LogP contribution in [0.4, 0.5) is 0 Å². The zero-order valence-corrected chi connectivity index (χ0v) is 12.0. The molecule has 104 valence electrons. The first-order valence-corrected chi connectivity index (χ1v) is 8.56. The van der Waals surface area contributed by atoms with Crippen LogP contribution in [0.1, 0.15) is 44.3 Å². The maximum absolute atomic E-state index is 12.8. The Morgan fingerprint density at radius 1 is 1.21 bits per heavy atom. The SMILES string of the molecule is O=[S@@](NCc1ccco1)C12CC3CC(CC(C3)C1)C2. The van der Waals surface area contributed by atoms with Crippen LogP contribution < -0.4 is 4.72 Å². The van der Waals surface area contributed by atoms with E-state index in [0.717, 1.165) is 23.5 Å². The van der Waals surface area contributed by atoms with Crippen LogP contribution in [0.15, 0.2) is 22.8 Å². The van der Waals surface area contributed by atoms with Gasteiger partial charge >= 0.3 is 0 Å². The van der Waals surface area contributed by atoms with E-state index in [2.05, 4.69) is 4.72 Å². The lowest BCUT2D eigenvalue weighted by molar-refractivity contribution is 0.0356. The van der Waals surface area contributed by atoms with E-state index in [4.69, 9.17) is 4.42 Å². The first-order chi connectivity index (χ1) is 9.23. The van der Waals surface area contributed by atoms with Crippen molar-refractivity contribution in [3.05, 3.63) is 24.2 Å². The Morgan fingerprint density at radius 3 is 2.37 bits per heavy atom. The first kappa shape index (κ1) is 12.2. The van der Waals surface area contributed by atoms with Crippen molar-refractivity contribution >= 4 is 11.0 Å². The Bertz CT molecular complexity index is 447. The summed E-state index contributed by atoms with van der Waals surface area (Å²) in [7, 11) is -0.919. The molecule has 1 N–H and O–H groups in total. The van der Waals surface area contributed by atoms with Crippen molar-refractivity contribution in [2.24, 2.45) is 17.8 Å². The highest BCUT2D eigenvalue weighted by molar-refractivity contribution is 7.84. The molecule has 0 aliphatic heterocycles. The van der Waals surface area contributed by atoms with Crippen molar-refractivity contribution in [3.8, 4) is 0 Å². The van der Waals surface area contributed by atoms with Crippen molar-refractivity contribution in [2.75, 3.05) is 0 Å². The van der Waals surface area contributed by atoms with Gasteiger partial charge in [0.25, 0.3) is 0 Å². The van der Waals surface area contributed by atoms with Crippen molar-refractivity contribution in [1.82, 2.24) is 4.72 Å². The van der Waals surface area contributed by atoms with Crippen LogP contribution in [0.5, 0.6) is 0 Å². The Labute approximate surface area is 116 Å². The Kier molecular flexibility index (Phi) is 2.85. The third-order valence-corrected chi connectivity index (χ3v) is 7.03. The van der Waals surface area contributed by atoms with Crippen LogP contribution >= 0.6 is 0 Å². The molecule has 3 nitrogen and oxygen atoms in total. The fraction of sp³-hybridized carbons (Fsp3) is 0.733. The molecule has 0 radical (unpaired) electrons. The van der Waals surface area contributed by atoms with Crippen LogP contribution in [0.25, 0.3) is 0 Å². The third kappa shape index (κ3) is 2.09. The minimum atomic E-state index is -0.919. The number of furan rings is 1. The summed E-state index contributed by atoms with van der Waals surface area (Å²) >= 11 is 0. The number of nitrogens with one attached hydrogen (secondary N) is 1. The average Bonchev–Trinajstić information content (AvgIpc) is 2.87. The zero-order valence-electron chi connectivity index (χ0n) is 11.1. The average molecular weight is 279 g/mol. The summed E-state index contributed by atoms with van der Waals surface area (Å²) in [6.45, 7) is 0.585. The van der Waals surface area contributed by atoms with Crippen molar-refractivity contribution in [3.63, 3.8) is 0 Å². The Balaban J connectivity index is 1.47. The van der Waals surface area contributed by atoms with Gasteiger partial charge in [-0.2, -0.15) is 0 Å². The molecular weight excluding hydrogens is 258 g/mol. The zero-order chi connectivity index (χ0) is 12.9. The Hall–Kier alpha value is -0.610. The molecule has 4 saturated carbocycles. The number of rotatable bonds is 4. The smallest absolute Gasteiger partial charge is 0.118 e. The second kappa shape index (κ2) is 4.45. The molecule has 1 atom stereocenters. The second-order valence-corrected chi connectivity index (χ2v) is 8.46. The highest BCUT2D eigenvalue weighted by Gasteiger charge is 2.54. The van der Waals surface area contributed by atoms with E-state index < -0.39 is 11.0 Å². The minimum Gasteiger partial charge on any atom is -0.468 e. The molecule has 1 heterocycles. The van der Waals surface area contributed by atoms with Crippen molar-refractivity contribution in [2.45, 2.75) is 49.8 Å². The molecule has 19 heavy (non-hydrogen) atoms. The summed E-state index contributed by atoms with van der Waals surface area (Å²) < 4.78 is 21.3. The quantitative estimate of drug-likeness (QED) is 0.920. The summed E-state index contributed by atoms with van der Waals surface area (Å²) in [5, 5.41) is 0. The molecule has 1 aromatic rings. The van der Waals surface area contributed by atoms with Crippen molar-refractivity contribution < 1.29 is 8.63 Å². The summed E-state index contributed by atoms with van der Waals surface area (Å²) in [6, 6.07) is 3.81. The highest BCUT2D eigenvalue weighted by atomic mass is 32.2. The van der Waals surface area contributed by atoms with E-state index >= 15 is 0 Å². The molecule has 0 amide bonds. The molecule has 0 unspecified atom stereocenters. The van der Waals surface area contributed by atoms with Gasteiger partial charge in [-0.15, -0.1) is 0 Å². The van der Waals surface area contributed by atoms with E-state index in [1.54, 1.807) is 6.26 Å². The van der Waals surface area contributed by atoms with Gasteiger partial charge in [0.15, 0.2) is 0 Å². The molecule has 4 aliphatic rings. The fourth-order valence-electron chi connectivity index (χ4n) is 4.96. The summed E-state index contributed by atoms with van der Waals surface area (Å²) in [5.41, 5.74) is 0. The van der Waals surface area contributed by atoms with Gasteiger partial charge in [-0.25, -0.2) is 8.93 Å². The third-order valence-electron chi connectivity index (χ3n) is 5.33. The van der Waals surface area contributed by atoms with Gasteiger partial charge in [0.2, 0.25) is 0 Å². The molecule has 4 fully saturated rings. The standard InChI is InChI=1S/C15H21NO2S/c17-19(16-10-14-2-1-3-18-14)15-7-11-4-12(8-15)6-13(5-11)9-15/h1-3,11-13,16H,4-10H2/t11?,12?,13?,15?,19-/m1/s1. The molecule has 4 heteroatoms. The Morgan fingerprint density at radius 2 is 1.84 bits per heavy atom. The lowest BCUT2D eigenvalue weighted by atomic mass is 9.56. The molecule has 1 aromatic heterocycles. The molecule has 4 aliphatic carbocycles. The van der Waals surface area contributed by atoms with Gasteiger partial charge in [0.05, 0.1) is 28.5 Å². The van der Waals surface area contributed by atoms with Gasteiger partial charge in [0, 0.05) is 0 Å². The highest BCUT2D eigenvalue weighted by Crippen LogP contribution is 2.57. The molecule has 0 aromatic carbocycles. The lowest BCUT2D eigenvalue weighted by Crippen LogP contribution is -2.55. The summed E-state index contributed by atoms with van der Waals surface area (Å²) in [6.07, 6.45) is 9.40. The van der Waals surface area contributed by atoms with E-state index in [0.29, 0.717) is 6.54 Å². The molecule has 0 spiro atoms. The van der Waals surface area contributed by atoms with E-state index in [-0.39, 0.29) is 4.75 Å². The number of hydrogen-bond donors (Lipinski definition) is 1. The summed E-state index contributed by atoms with van der Waals surface area (Å²) in [5.74, 6) is 3.42. The predicted molar refractivity (Wildman–Crippen MR) is 74.6 cm³/mol. The summed E-state index contributed by atoms with van der Waals surface area (Å²) in [4.78, 5) is 0. The molecule has 0 saturated heterocycles. The predicted octanol–water partition coefficient (Wildman–Crippen LogP) is 3.00. The normalized spacial score (nSPS) is 41.6. The van der Waals surface area contributed by atoms with Crippen molar-refractivity contribution in [1.29, 1.82) is 0 Å². The first-order valence-electron chi connectivity index (χ1n) is 7.41. The van der Waals surface area contributed by atoms with Gasteiger partial charge < -0.3 is 4.42 Å². The van der Waals surface area contributed by atoms with Crippen LogP contribution in [0.2, 0.25) is 0 Å². The maximum Gasteiger partial charge on any atom is 0.118 e. The van der Waals surface area contributed by atoms with Gasteiger partial charge in [-0.3, -0.25) is 0 Å². The van der Waals surface area contributed by atoms with Gasteiger partial charge in [-0.1, -0.05) is 0 Å².